The Balaban J connectivity index is 1.73. The van der Waals surface area contributed by atoms with E-state index in [1.165, 1.54) is 5.56 Å². The van der Waals surface area contributed by atoms with Gasteiger partial charge >= 0.3 is 0 Å². The van der Waals surface area contributed by atoms with Gasteiger partial charge in [-0.2, -0.15) is 0 Å². The SMILES string of the molecule is NC[C@@H]1CN(C(=O)Cc2cc(Cl)ccc2Cl)C[C@H]1c1ccccc1. The smallest absolute Gasteiger partial charge is 0.227 e. The van der Waals surface area contributed by atoms with Crippen LogP contribution < -0.4 is 5.73 Å². The van der Waals surface area contributed by atoms with E-state index in [2.05, 4.69) is 12.1 Å². The van der Waals surface area contributed by atoms with Gasteiger partial charge in [-0.15, -0.1) is 0 Å². The van der Waals surface area contributed by atoms with Crippen LogP contribution in [0.15, 0.2) is 48.5 Å². The number of carbonyl (C=O) groups excluding carboxylic acids is 1. The molecule has 0 unspecified atom stereocenters. The molecule has 0 bridgehead atoms. The van der Waals surface area contributed by atoms with Crippen molar-refractivity contribution in [3.05, 3.63) is 69.7 Å². The molecule has 0 spiro atoms. The fourth-order valence-corrected chi connectivity index (χ4v) is 3.72. The molecule has 1 saturated heterocycles. The average Bonchev–Trinajstić information content (AvgIpc) is 3.03. The number of hydrogen-bond acceptors (Lipinski definition) is 2. The van der Waals surface area contributed by atoms with E-state index in [0.717, 1.165) is 5.56 Å². The number of nitrogens with two attached hydrogens (primary N) is 1. The normalized spacial score (nSPS) is 20.4. The molecule has 2 atom stereocenters. The zero-order valence-electron chi connectivity index (χ0n) is 13.3. The van der Waals surface area contributed by atoms with Crippen LogP contribution in [0, 0.1) is 5.92 Å². The summed E-state index contributed by atoms with van der Waals surface area (Å²) in [7, 11) is 0. The van der Waals surface area contributed by atoms with Gasteiger partial charge in [0.05, 0.1) is 6.42 Å². The van der Waals surface area contributed by atoms with Crippen molar-refractivity contribution in [3.63, 3.8) is 0 Å². The molecule has 1 fully saturated rings. The molecule has 2 N–H and O–H groups in total. The lowest BCUT2D eigenvalue weighted by atomic mass is 9.89. The van der Waals surface area contributed by atoms with Crippen LogP contribution in [-0.4, -0.2) is 30.4 Å². The number of rotatable bonds is 4. The number of carbonyl (C=O) groups is 1. The van der Waals surface area contributed by atoms with Crippen molar-refractivity contribution < 1.29 is 4.79 Å². The van der Waals surface area contributed by atoms with Gasteiger partial charge in [-0.1, -0.05) is 53.5 Å². The predicted molar refractivity (Wildman–Crippen MR) is 98.5 cm³/mol. The fraction of sp³-hybridized carbons (Fsp3) is 0.316. The molecule has 24 heavy (non-hydrogen) atoms. The van der Waals surface area contributed by atoms with E-state index in [0.29, 0.717) is 29.7 Å². The standard InChI is InChI=1S/C19H20Cl2N2O/c20-16-6-7-18(21)14(8-16)9-19(24)23-11-15(10-22)17(12-23)13-4-2-1-3-5-13/h1-8,15,17H,9-12,22H2/t15-,17+/m1/s1. The molecule has 0 saturated carbocycles. The van der Waals surface area contributed by atoms with E-state index in [9.17, 15) is 4.79 Å². The Hall–Kier alpha value is -1.55. The molecule has 1 heterocycles. The second kappa shape index (κ2) is 7.56. The van der Waals surface area contributed by atoms with Gasteiger partial charge < -0.3 is 10.6 Å². The summed E-state index contributed by atoms with van der Waals surface area (Å²) in [6, 6.07) is 15.5. The highest BCUT2D eigenvalue weighted by molar-refractivity contribution is 6.33. The highest BCUT2D eigenvalue weighted by Gasteiger charge is 2.35. The van der Waals surface area contributed by atoms with Crippen LogP contribution in [0.4, 0.5) is 0 Å². The summed E-state index contributed by atoms with van der Waals surface area (Å²) in [5, 5.41) is 1.16. The molecular formula is C19H20Cl2N2O. The Bertz CT molecular complexity index is 721. The molecule has 3 rings (SSSR count). The van der Waals surface area contributed by atoms with Gasteiger partial charge in [0.1, 0.15) is 0 Å². The van der Waals surface area contributed by atoms with E-state index in [1.807, 2.05) is 23.1 Å². The molecule has 0 radical (unpaired) electrons. The van der Waals surface area contributed by atoms with Crippen LogP contribution in [-0.2, 0) is 11.2 Å². The maximum absolute atomic E-state index is 12.7. The first-order valence-corrected chi connectivity index (χ1v) is 8.80. The Labute approximate surface area is 152 Å². The lowest BCUT2D eigenvalue weighted by Gasteiger charge is -2.17. The highest BCUT2D eigenvalue weighted by atomic mass is 35.5. The topological polar surface area (TPSA) is 46.3 Å². The number of halogens is 2. The van der Waals surface area contributed by atoms with Crippen molar-refractivity contribution in [2.75, 3.05) is 19.6 Å². The largest absolute Gasteiger partial charge is 0.341 e. The highest BCUT2D eigenvalue weighted by Crippen LogP contribution is 2.32. The maximum atomic E-state index is 12.7. The Morgan fingerprint density at radius 3 is 2.58 bits per heavy atom. The number of hydrogen-bond donors (Lipinski definition) is 1. The van der Waals surface area contributed by atoms with Gasteiger partial charge in [0.2, 0.25) is 5.91 Å². The summed E-state index contributed by atoms with van der Waals surface area (Å²) in [4.78, 5) is 14.6. The lowest BCUT2D eigenvalue weighted by Crippen LogP contribution is -2.31. The van der Waals surface area contributed by atoms with Crippen molar-refractivity contribution in [2.45, 2.75) is 12.3 Å². The van der Waals surface area contributed by atoms with Gasteiger partial charge in [-0.05, 0) is 41.8 Å². The van der Waals surface area contributed by atoms with Crippen LogP contribution in [0.2, 0.25) is 10.0 Å². The van der Waals surface area contributed by atoms with Crippen LogP contribution >= 0.6 is 23.2 Å². The van der Waals surface area contributed by atoms with Gasteiger partial charge in [0.15, 0.2) is 0 Å². The van der Waals surface area contributed by atoms with Crippen LogP contribution in [0.1, 0.15) is 17.0 Å². The first kappa shape index (κ1) is 17.3. The van der Waals surface area contributed by atoms with Crippen molar-refractivity contribution in [1.82, 2.24) is 4.90 Å². The molecule has 1 aliphatic rings. The van der Waals surface area contributed by atoms with E-state index in [1.54, 1.807) is 18.2 Å². The predicted octanol–water partition coefficient (Wildman–Crippen LogP) is 3.74. The van der Waals surface area contributed by atoms with E-state index >= 15 is 0 Å². The number of benzene rings is 2. The molecule has 0 aromatic heterocycles. The molecule has 3 nitrogen and oxygen atoms in total. The monoisotopic (exact) mass is 362 g/mol. The van der Waals surface area contributed by atoms with Crippen molar-refractivity contribution in [2.24, 2.45) is 11.7 Å². The summed E-state index contributed by atoms with van der Waals surface area (Å²) in [6.45, 7) is 1.96. The third-order valence-corrected chi connectivity index (χ3v) is 5.28. The van der Waals surface area contributed by atoms with Crippen LogP contribution in [0.3, 0.4) is 0 Å². The third-order valence-electron chi connectivity index (χ3n) is 4.67. The second-order valence-electron chi connectivity index (χ2n) is 6.22. The van der Waals surface area contributed by atoms with E-state index < -0.39 is 0 Å². The Morgan fingerprint density at radius 2 is 1.88 bits per heavy atom. The Kier molecular flexibility index (Phi) is 5.44. The van der Waals surface area contributed by atoms with Crippen molar-refractivity contribution >= 4 is 29.1 Å². The molecule has 1 amide bonds. The summed E-state index contributed by atoms with van der Waals surface area (Å²) >= 11 is 12.2. The molecule has 126 valence electrons. The molecular weight excluding hydrogens is 343 g/mol. The van der Waals surface area contributed by atoms with Gasteiger partial charge in [0, 0.05) is 29.1 Å². The van der Waals surface area contributed by atoms with Gasteiger partial charge in [0.25, 0.3) is 0 Å². The van der Waals surface area contributed by atoms with E-state index in [4.69, 9.17) is 28.9 Å². The first-order valence-electron chi connectivity index (χ1n) is 8.05. The first-order chi connectivity index (χ1) is 11.6. The summed E-state index contributed by atoms with van der Waals surface area (Å²) in [5.41, 5.74) is 7.95. The van der Waals surface area contributed by atoms with Crippen molar-refractivity contribution in [3.8, 4) is 0 Å². The minimum Gasteiger partial charge on any atom is -0.341 e. The van der Waals surface area contributed by atoms with E-state index in [-0.39, 0.29) is 24.2 Å². The zero-order chi connectivity index (χ0) is 17.1. The quantitative estimate of drug-likeness (QED) is 0.900. The third kappa shape index (κ3) is 3.75. The maximum Gasteiger partial charge on any atom is 0.227 e. The number of amides is 1. The molecule has 2 aromatic rings. The van der Waals surface area contributed by atoms with Gasteiger partial charge in [-0.25, -0.2) is 0 Å². The summed E-state index contributed by atoms with van der Waals surface area (Å²) in [5.74, 6) is 0.636. The minimum atomic E-state index is 0.0658. The summed E-state index contributed by atoms with van der Waals surface area (Å²) < 4.78 is 0. The minimum absolute atomic E-state index is 0.0658. The van der Waals surface area contributed by atoms with Gasteiger partial charge in [-0.3, -0.25) is 4.79 Å². The van der Waals surface area contributed by atoms with Crippen LogP contribution in [0.5, 0.6) is 0 Å². The number of likely N-dealkylation sites (tertiary alicyclic amines) is 1. The molecule has 0 aliphatic carbocycles. The van der Waals surface area contributed by atoms with Crippen LogP contribution in [0.25, 0.3) is 0 Å². The fourth-order valence-electron chi connectivity index (χ4n) is 3.35. The molecule has 5 heteroatoms. The second-order valence-corrected chi connectivity index (χ2v) is 7.07. The Morgan fingerprint density at radius 1 is 1.12 bits per heavy atom. The molecule has 2 aromatic carbocycles. The number of nitrogens with zero attached hydrogens (tertiary/aromatic N) is 1. The zero-order valence-corrected chi connectivity index (χ0v) is 14.8. The lowest BCUT2D eigenvalue weighted by molar-refractivity contribution is -0.129. The average molecular weight is 363 g/mol. The van der Waals surface area contributed by atoms with Crippen molar-refractivity contribution in [1.29, 1.82) is 0 Å². The summed E-state index contributed by atoms with van der Waals surface area (Å²) in [6.07, 6.45) is 0.262. The molecule has 1 aliphatic heterocycles.